The maximum atomic E-state index is 10.7. The van der Waals surface area contributed by atoms with Crippen molar-refractivity contribution >= 4 is 24.1 Å². The predicted octanol–water partition coefficient (Wildman–Crippen LogP) is 1.37. The van der Waals surface area contributed by atoms with Crippen LogP contribution in [0.15, 0.2) is 24.3 Å². The van der Waals surface area contributed by atoms with E-state index in [4.69, 9.17) is 10.5 Å². The summed E-state index contributed by atoms with van der Waals surface area (Å²) >= 11 is 0. The molecule has 1 aromatic heterocycles. The van der Waals surface area contributed by atoms with Gasteiger partial charge in [0.05, 0.1) is 5.69 Å². The number of primary amides is 1. The second kappa shape index (κ2) is 9.29. The lowest BCUT2D eigenvalue weighted by molar-refractivity contribution is -0.119. The fraction of sp³-hybridized carbons (Fsp3) is 0.412. The lowest BCUT2D eigenvalue weighted by atomic mass is 10.2. The first kappa shape index (κ1) is 20.8. The molecule has 0 bridgehead atoms. The summed E-state index contributed by atoms with van der Waals surface area (Å²) in [6.07, 6.45) is 0. The summed E-state index contributed by atoms with van der Waals surface area (Å²) in [4.78, 5) is 12.8. The van der Waals surface area contributed by atoms with Gasteiger partial charge in [-0.15, -0.1) is 12.4 Å². The van der Waals surface area contributed by atoms with E-state index in [-0.39, 0.29) is 19.0 Å². The zero-order chi connectivity index (χ0) is 17.7. The van der Waals surface area contributed by atoms with Gasteiger partial charge >= 0.3 is 0 Å². The van der Waals surface area contributed by atoms with Gasteiger partial charge < -0.3 is 20.7 Å². The fourth-order valence-electron chi connectivity index (χ4n) is 2.65. The SMILES string of the molecule is Cc1nn(C)c(N(C)C)c1CNCc1ccc(OCC(N)=O)cc1.Cl. The first-order chi connectivity index (χ1) is 11.4. The number of amides is 1. The van der Waals surface area contributed by atoms with E-state index in [0.29, 0.717) is 5.75 Å². The van der Waals surface area contributed by atoms with E-state index in [9.17, 15) is 4.79 Å². The topological polar surface area (TPSA) is 85.4 Å². The summed E-state index contributed by atoms with van der Waals surface area (Å²) in [6, 6.07) is 7.60. The Morgan fingerprint density at radius 3 is 2.48 bits per heavy atom. The molecule has 0 atom stereocenters. The number of anilines is 1. The van der Waals surface area contributed by atoms with Gasteiger partial charge in [0.2, 0.25) is 0 Å². The number of nitrogens with zero attached hydrogens (tertiary/aromatic N) is 3. The molecule has 0 radical (unpaired) electrons. The van der Waals surface area contributed by atoms with Gasteiger partial charge in [-0.25, -0.2) is 0 Å². The van der Waals surface area contributed by atoms with Crippen molar-refractivity contribution in [2.45, 2.75) is 20.0 Å². The Morgan fingerprint density at radius 2 is 1.92 bits per heavy atom. The van der Waals surface area contributed by atoms with Gasteiger partial charge in [0.1, 0.15) is 11.6 Å². The van der Waals surface area contributed by atoms with E-state index in [1.54, 1.807) is 0 Å². The highest BCUT2D eigenvalue weighted by Gasteiger charge is 2.14. The molecule has 138 valence electrons. The molecule has 8 heteroatoms. The summed E-state index contributed by atoms with van der Waals surface area (Å²) in [5.74, 6) is 1.26. The maximum Gasteiger partial charge on any atom is 0.255 e. The molecule has 1 heterocycles. The molecular weight excluding hydrogens is 342 g/mol. The van der Waals surface area contributed by atoms with Crippen LogP contribution >= 0.6 is 12.4 Å². The van der Waals surface area contributed by atoms with Crippen LogP contribution in [0.1, 0.15) is 16.8 Å². The van der Waals surface area contributed by atoms with Gasteiger partial charge in [-0.05, 0) is 24.6 Å². The molecule has 2 aromatic rings. The fourth-order valence-corrected chi connectivity index (χ4v) is 2.65. The lowest BCUT2D eigenvalue weighted by Crippen LogP contribution is -2.20. The summed E-state index contributed by atoms with van der Waals surface area (Å²) in [5, 5.41) is 7.93. The quantitative estimate of drug-likeness (QED) is 0.736. The van der Waals surface area contributed by atoms with Gasteiger partial charge in [-0.2, -0.15) is 5.10 Å². The summed E-state index contributed by atoms with van der Waals surface area (Å²) < 4.78 is 7.15. The van der Waals surface area contributed by atoms with Crippen LogP contribution in [-0.2, 0) is 24.9 Å². The van der Waals surface area contributed by atoms with Crippen molar-refractivity contribution in [3.8, 4) is 5.75 Å². The van der Waals surface area contributed by atoms with Crippen LogP contribution in [0, 0.1) is 6.92 Å². The molecule has 2 rings (SSSR count). The van der Waals surface area contributed by atoms with Gasteiger partial charge in [0.15, 0.2) is 6.61 Å². The van der Waals surface area contributed by atoms with Crippen LogP contribution in [0.5, 0.6) is 5.75 Å². The molecule has 0 aliphatic rings. The monoisotopic (exact) mass is 367 g/mol. The second-order valence-corrected chi connectivity index (χ2v) is 5.91. The largest absolute Gasteiger partial charge is 0.484 e. The number of aromatic nitrogens is 2. The predicted molar refractivity (Wildman–Crippen MR) is 101 cm³/mol. The van der Waals surface area contributed by atoms with Crippen LogP contribution in [-0.4, -0.2) is 36.4 Å². The average Bonchev–Trinajstić information content (AvgIpc) is 2.80. The van der Waals surface area contributed by atoms with Crippen LogP contribution in [0.3, 0.4) is 0 Å². The zero-order valence-corrected chi connectivity index (χ0v) is 15.9. The average molecular weight is 368 g/mol. The highest BCUT2D eigenvalue weighted by Crippen LogP contribution is 2.21. The minimum absolute atomic E-state index is 0. The molecule has 1 amide bonds. The Labute approximate surface area is 154 Å². The molecule has 0 unspecified atom stereocenters. The third-order valence-corrected chi connectivity index (χ3v) is 3.67. The molecule has 3 N–H and O–H groups in total. The van der Waals surface area contributed by atoms with E-state index in [0.717, 1.165) is 30.2 Å². The van der Waals surface area contributed by atoms with Crippen LogP contribution < -0.4 is 20.7 Å². The second-order valence-electron chi connectivity index (χ2n) is 5.91. The molecule has 7 nitrogen and oxygen atoms in total. The van der Waals surface area contributed by atoms with Gasteiger partial charge in [0.25, 0.3) is 5.91 Å². The van der Waals surface area contributed by atoms with Gasteiger partial charge in [-0.1, -0.05) is 12.1 Å². The number of ether oxygens (including phenoxy) is 1. The number of benzene rings is 1. The number of aryl methyl sites for hydroxylation is 2. The van der Waals surface area contributed by atoms with Gasteiger partial charge in [0, 0.05) is 39.8 Å². The molecule has 0 fully saturated rings. The van der Waals surface area contributed by atoms with Crippen molar-refractivity contribution in [1.29, 1.82) is 0 Å². The van der Waals surface area contributed by atoms with Crippen molar-refractivity contribution in [2.24, 2.45) is 12.8 Å². The first-order valence-corrected chi connectivity index (χ1v) is 7.79. The number of rotatable bonds is 8. The van der Waals surface area contributed by atoms with Crippen LogP contribution in [0.4, 0.5) is 5.82 Å². The highest BCUT2D eigenvalue weighted by atomic mass is 35.5. The van der Waals surface area contributed by atoms with Crippen molar-refractivity contribution in [3.63, 3.8) is 0 Å². The highest BCUT2D eigenvalue weighted by molar-refractivity contribution is 5.85. The molecule has 0 aliphatic heterocycles. The molecular formula is C17H26ClN5O2. The smallest absolute Gasteiger partial charge is 0.255 e. The van der Waals surface area contributed by atoms with Crippen molar-refractivity contribution in [1.82, 2.24) is 15.1 Å². The molecule has 25 heavy (non-hydrogen) atoms. The Hall–Kier alpha value is -2.25. The molecule has 0 spiro atoms. The van der Waals surface area contributed by atoms with Crippen LogP contribution in [0.25, 0.3) is 0 Å². The minimum atomic E-state index is -0.482. The normalized spacial score (nSPS) is 10.2. The standard InChI is InChI=1S/C17H25N5O2.ClH/c1-12-15(17(21(2)3)22(4)20-12)10-19-9-13-5-7-14(8-6-13)24-11-16(18)23;/h5-8,19H,9-11H2,1-4H3,(H2,18,23);1H. The van der Waals surface area contributed by atoms with E-state index >= 15 is 0 Å². The molecule has 0 saturated heterocycles. The van der Waals surface area contributed by atoms with E-state index < -0.39 is 5.91 Å². The van der Waals surface area contributed by atoms with Crippen molar-refractivity contribution in [2.75, 3.05) is 25.6 Å². The lowest BCUT2D eigenvalue weighted by Gasteiger charge is -2.15. The third-order valence-electron chi connectivity index (χ3n) is 3.67. The maximum absolute atomic E-state index is 10.7. The first-order valence-electron chi connectivity index (χ1n) is 7.79. The number of hydrogen-bond donors (Lipinski definition) is 2. The Balaban J connectivity index is 0.00000312. The Bertz CT molecular complexity index is 698. The van der Waals surface area contributed by atoms with E-state index in [1.807, 2.05) is 57.0 Å². The Kier molecular flexibility index (Phi) is 7.73. The summed E-state index contributed by atoms with van der Waals surface area (Å²) in [7, 11) is 5.99. The van der Waals surface area contributed by atoms with Gasteiger partial charge in [-0.3, -0.25) is 9.48 Å². The summed E-state index contributed by atoms with van der Waals surface area (Å²) in [5.41, 5.74) is 8.42. The molecule has 1 aromatic carbocycles. The number of nitrogens with two attached hydrogens (primary N) is 1. The summed E-state index contributed by atoms with van der Waals surface area (Å²) in [6.45, 7) is 3.39. The number of carbonyl (C=O) groups is 1. The Morgan fingerprint density at radius 1 is 1.28 bits per heavy atom. The minimum Gasteiger partial charge on any atom is -0.484 e. The van der Waals surface area contributed by atoms with Crippen molar-refractivity contribution in [3.05, 3.63) is 41.1 Å². The van der Waals surface area contributed by atoms with Crippen LogP contribution in [0.2, 0.25) is 0 Å². The third kappa shape index (κ3) is 5.65. The van der Waals surface area contributed by atoms with Crippen molar-refractivity contribution < 1.29 is 9.53 Å². The van der Waals surface area contributed by atoms with E-state index in [2.05, 4.69) is 15.3 Å². The number of hydrogen-bond acceptors (Lipinski definition) is 5. The van der Waals surface area contributed by atoms with E-state index in [1.165, 1.54) is 5.56 Å². The number of carbonyl (C=O) groups excluding carboxylic acids is 1. The number of nitrogens with one attached hydrogen (secondary N) is 1. The zero-order valence-electron chi connectivity index (χ0n) is 15.1. The molecule has 0 saturated carbocycles. The molecule has 0 aliphatic carbocycles. The number of halogens is 1.